The Morgan fingerprint density at radius 3 is 2.38 bits per heavy atom. The number of rotatable bonds is 9. The third kappa shape index (κ3) is 5.98. The lowest BCUT2D eigenvalue weighted by Gasteiger charge is -2.28. The SMILES string of the molecule is COCCOc1c(I)cc(I)cc1C(=O)OC(c1ccccc1)C(F)(F)C(=O)[O-]. The van der Waals surface area contributed by atoms with Crippen molar-refractivity contribution in [2.24, 2.45) is 0 Å². The van der Waals surface area contributed by atoms with Gasteiger partial charge in [0.1, 0.15) is 23.9 Å². The van der Waals surface area contributed by atoms with Gasteiger partial charge in [-0.25, -0.2) is 4.79 Å². The summed E-state index contributed by atoms with van der Waals surface area (Å²) in [6.45, 7) is 0.358. The van der Waals surface area contributed by atoms with Gasteiger partial charge in [-0.1, -0.05) is 30.3 Å². The lowest BCUT2D eigenvalue weighted by Crippen LogP contribution is -2.47. The maximum Gasteiger partial charge on any atom is 0.342 e. The summed E-state index contributed by atoms with van der Waals surface area (Å²) in [7, 11) is 1.48. The fourth-order valence-electron chi connectivity index (χ4n) is 2.34. The largest absolute Gasteiger partial charge is 0.544 e. The van der Waals surface area contributed by atoms with E-state index >= 15 is 0 Å². The van der Waals surface area contributed by atoms with E-state index < -0.39 is 24.0 Å². The van der Waals surface area contributed by atoms with E-state index in [1.54, 1.807) is 12.1 Å². The minimum atomic E-state index is -4.44. The number of methoxy groups -OCH3 is 1. The highest BCUT2D eigenvalue weighted by Gasteiger charge is 2.45. The van der Waals surface area contributed by atoms with Crippen LogP contribution in [-0.2, 0) is 14.3 Å². The van der Waals surface area contributed by atoms with E-state index in [4.69, 9.17) is 14.2 Å². The molecule has 0 saturated heterocycles. The highest BCUT2D eigenvalue weighted by molar-refractivity contribution is 14.1. The van der Waals surface area contributed by atoms with E-state index in [0.717, 1.165) is 0 Å². The number of hydrogen-bond acceptors (Lipinski definition) is 6. The van der Waals surface area contributed by atoms with Gasteiger partial charge in [0, 0.05) is 10.7 Å². The Labute approximate surface area is 192 Å². The number of carboxylic acids is 1. The van der Waals surface area contributed by atoms with Crippen molar-refractivity contribution in [1.29, 1.82) is 0 Å². The third-order valence-corrected chi connectivity index (χ3v) is 5.11. The summed E-state index contributed by atoms with van der Waals surface area (Å²) in [5, 5.41) is 11.0. The Kier molecular flexibility index (Phi) is 8.58. The van der Waals surface area contributed by atoms with E-state index in [1.807, 2.05) is 45.2 Å². The fraction of sp³-hybridized carbons (Fsp3) is 0.263. The molecule has 29 heavy (non-hydrogen) atoms. The molecule has 156 valence electrons. The molecule has 2 aromatic rings. The molecule has 6 nitrogen and oxygen atoms in total. The van der Waals surface area contributed by atoms with E-state index in [1.165, 1.54) is 37.4 Å². The standard InChI is InChI=1S/C19H16F2I2O6/c1-27-7-8-28-15-13(9-12(22)10-14(15)23)17(24)29-16(19(20,21)18(25)26)11-5-3-2-4-6-11/h2-6,9-10,16H,7-8H2,1H3,(H,25,26)/p-1. The number of ether oxygens (including phenoxy) is 3. The molecular formula is C19H15F2I2O6-. The van der Waals surface area contributed by atoms with E-state index in [2.05, 4.69) is 0 Å². The van der Waals surface area contributed by atoms with Gasteiger partial charge >= 0.3 is 11.9 Å². The van der Waals surface area contributed by atoms with Crippen LogP contribution in [0.15, 0.2) is 42.5 Å². The van der Waals surface area contributed by atoms with Crippen LogP contribution in [0, 0.1) is 7.14 Å². The summed E-state index contributed by atoms with van der Waals surface area (Å²) in [5.74, 6) is -8.10. The Morgan fingerprint density at radius 2 is 1.79 bits per heavy atom. The van der Waals surface area contributed by atoms with Crippen molar-refractivity contribution in [2.45, 2.75) is 12.0 Å². The first kappa shape index (κ1) is 23.7. The summed E-state index contributed by atoms with van der Waals surface area (Å²) in [5.41, 5.74) is -0.287. The second kappa shape index (κ2) is 10.5. The quantitative estimate of drug-likeness (QED) is 0.240. The van der Waals surface area contributed by atoms with Crippen LogP contribution in [-0.4, -0.2) is 38.2 Å². The fourth-order valence-corrected chi connectivity index (χ4v) is 4.34. The van der Waals surface area contributed by atoms with E-state index in [-0.39, 0.29) is 30.1 Å². The average molecular weight is 631 g/mol. The smallest absolute Gasteiger partial charge is 0.342 e. The molecule has 0 radical (unpaired) electrons. The molecule has 0 aromatic heterocycles. The van der Waals surface area contributed by atoms with Crippen LogP contribution in [0.25, 0.3) is 0 Å². The average Bonchev–Trinajstić information content (AvgIpc) is 2.67. The molecule has 0 N–H and O–H groups in total. The molecule has 0 aliphatic rings. The number of benzene rings is 2. The Balaban J connectivity index is 2.43. The second-order valence-corrected chi connectivity index (χ2v) is 8.12. The number of carbonyl (C=O) groups excluding carboxylic acids is 2. The summed E-state index contributed by atoms with van der Waals surface area (Å²) in [6, 6.07) is 10.0. The minimum Gasteiger partial charge on any atom is -0.544 e. The van der Waals surface area contributed by atoms with Gasteiger partial charge < -0.3 is 24.1 Å². The maximum atomic E-state index is 14.3. The Morgan fingerprint density at radius 1 is 1.14 bits per heavy atom. The molecule has 1 unspecified atom stereocenters. The predicted octanol–water partition coefficient (Wildman–Crippen LogP) is 3.20. The molecule has 2 aromatic carbocycles. The maximum absolute atomic E-state index is 14.3. The van der Waals surface area contributed by atoms with E-state index in [9.17, 15) is 23.5 Å². The molecule has 0 amide bonds. The topological polar surface area (TPSA) is 84.9 Å². The van der Waals surface area contributed by atoms with Crippen LogP contribution in [0.5, 0.6) is 5.75 Å². The van der Waals surface area contributed by atoms with Crippen LogP contribution < -0.4 is 9.84 Å². The van der Waals surface area contributed by atoms with Gasteiger partial charge in [0.25, 0.3) is 0 Å². The predicted molar refractivity (Wildman–Crippen MR) is 114 cm³/mol. The van der Waals surface area contributed by atoms with Crippen molar-refractivity contribution in [2.75, 3.05) is 20.3 Å². The minimum absolute atomic E-state index is 0.104. The molecule has 1 atom stereocenters. The summed E-state index contributed by atoms with van der Waals surface area (Å²) in [4.78, 5) is 23.8. The van der Waals surface area contributed by atoms with Crippen molar-refractivity contribution in [3.8, 4) is 5.75 Å². The molecular weight excluding hydrogens is 616 g/mol. The van der Waals surface area contributed by atoms with Crippen molar-refractivity contribution >= 4 is 57.1 Å². The van der Waals surface area contributed by atoms with Gasteiger partial charge in [0.05, 0.1) is 10.2 Å². The van der Waals surface area contributed by atoms with Crippen molar-refractivity contribution in [3.05, 3.63) is 60.7 Å². The summed E-state index contributed by atoms with van der Waals surface area (Å²) in [6.07, 6.45) is -2.37. The molecule has 0 aliphatic carbocycles. The second-order valence-electron chi connectivity index (χ2n) is 5.71. The number of esters is 1. The van der Waals surface area contributed by atoms with Crippen LogP contribution in [0.2, 0.25) is 0 Å². The first-order chi connectivity index (χ1) is 13.7. The number of hydrogen-bond donors (Lipinski definition) is 0. The van der Waals surface area contributed by atoms with Gasteiger partial charge in [0.2, 0.25) is 0 Å². The Bertz CT molecular complexity index is 877. The van der Waals surface area contributed by atoms with Gasteiger partial charge in [0.15, 0.2) is 6.10 Å². The number of carbonyl (C=O) groups is 2. The van der Waals surface area contributed by atoms with Crippen molar-refractivity contribution < 1.29 is 37.7 Å². The molecule has 0 bridgehead atoms. The number of alkyl halides is 2. The Hall–Kier alpha value is -1.54. The number of halogens is 4. The van der Waals surface area contributed by atoms with Gasteiger partial charge in [-0.3, -0.25) is 0 Å². The van der Waals surface area contributed by atoms with Crippen LogP contribution in [0.4, 0.5) is 8.78 Å². The molecule has 0 heterocycles. The van der Waals surface area contributed by atoms with Crippen molar-refractivity contribution in [1.82, 2.24) is 0 Å². The third-order valence-electron chi connectivity index (χ3n) is 3.69. The highest BCUT2D eigenvalue weighted by atomic mass is 127. The molecule has 0 fully saturated rings. The molecule has 0 saturated carbocycles. The van der Waals surface area contributed by atoms with Gasteiger partial charge in [-0.05, 0) is 62.9 Å². The summed E-state index contributed by atoms with van der Waals surface area (Å²) >= 11 is 3.89. The van der Waals surface area contributed by atoms with Crippen LogP contribution in [0.1, 0.15) is 22.0 Å². The first-order valence-electron chi connectivity index (χ1n) is 8.14. The molecule has 0 spiro atoms. The zero-order valence-electron chi connectivity index (χ0n) is 15.0. The monoisotopic (exact) mass is 631 g/mol. The highest BCUT2D eigenvalue weighted by Crippen LogP contribution is 2.37. The van der Waals surface area contributed by atoms with Crippen molar-refractivity contribution in [3.63, 3.8) is 0 Å². The first-order valence-corrected chi connectivity index (χ1v) is 10.3. The lowest BCUT2D eigenvalue weighted by molar-refractivity contribution is -0.336. The van der Waals surface area contributed by atoms with E-state index in [0.29, 0.717) is 7.14 Å². The zero-order valence-corrected chi connectivity index (χ0v) is 19.3. The van der Waals surface area contributed by atoms with Crippen LogP contribution in [0.3, 0.4) is 0 Å². The zero-order chi connectivity index (χ0) is 21.6. The normalized spacial score (nSPS) is 12.3. The molecule has 2 rings (SSSR count). The number of aliphatic carboxylic acids is 1. The number of carboxylic acid groups (broad SMARTS) is 1. The summed E-state index contributed by atoms with van der Waals surface area (Å²) < 4.78 is 45.2. The molecule has 0 aliphatic heterocycles. The van der Waals surface area contributed by atoms with Gasteiger partial charge in [-0.2, -0.15) is 8.78 Å². The lowest BCUT2D eigenvalue weighted by atomic mass is 10.0. The molecule has 10 heteroatoms. The van der Waals surface area contributed by atoms with Crippen LogP contribution >= 0.6 is 45.2 Å². The van der Waals surface area contributed by atoms with Gasteiger partial charge in [-0.15, -0.1) is 0 Å².